The molecule has 0 spiro atoms. The number of carbonyl (C=O) groups is 1. The minimum Gasteiger partial charge on any atom is -0.352 e. The largest absolute Gasteiger partial charge is 0.352 e. The van der Waals surface area contributed by atoms with Crippen LogP contribution in [-0.2, 0) is 21.2 Å². The molecule has 6 nitrogen and oxygen atoms in total. The van der Waals surface area contributed by atoms with Crippen molar-refractivity contribution in [2.75, 3.05) is 0 Å². The van der Waals surface area contributed by atoms with Gasteiger partial charge in [0.15, 0.2) is 0 Å². The van der Waals surface area contributed by atoms with Gasteiger partial charge in [-0.3, -0.25) is 14.2 Å². The van der Waals surface area contributed by atoms with Gasteiger partial charge in [-0.25, -0.2) is 8.42 Å². The number of nitrogens with zero attached hydrogens (tertiary/aromatic N) is 1. The molecule has 3 aromatic rings. The van der Waals surface area contributed by atoms with Crippen LogP contribution in [0.4, 0.5) is 0 Å². The fourth-order valence-corrected chi connectivity index (χ4v) is 4.51. The van der Waals surface area contributed by atoms with Crippen molar-refractivity contribution in [3.05, 3.63) is 70.5 Å². The Hall–Kier alpha value is -2.93. The highest BCUT2D eigenvalue weighted by Gasteiger charge is 2.24. The molecule has 0 bridgehead atoms. The number of aromatic nitrogens is 1. The maximum absolute atomic E-state index is 13.2. The molecule has 29 heavy (non-hydrogen) atoms. The molecule has 2 aromatic carbocycles. The number of aryl methyl sites for hydroxylation is 1. The lowest BCUT2D eigenvalue weighted by atomic mass is 10.1. The molecule has 0 aliphatic rings. The van der Waals surface area contributed by atoms with Crippen molar-refractivity contribution in [1.82, 2.24) is 9.88 Å². The molecule has 0 fully saturated rings. The zero-order valence-corrected chi connectivity index (χ0v) is 17.5. The third-order valence-electron chi connectivity index (χ3n) is 4.88. The number of fused-ring (bicyclic) bond motifs is 1. The second kappa shape index (κ2) is 8.21. The van der Waals surface area contributed by atoms with Crippen molar-refractivity contribution >= 4 is 26.6 Å². The summed E-state index contributed by atoms with van der Waals surface area (Å²) in [7, 11) is -4.03. The minimum absolute atomic E-state index is 0.0389. The topological polar surface area (TPSA) is 85.2 Å². The molecule has 3 rings (SSSR count). The minimum atomic E-state index is -4.03. The first kappa shape index (κ1) is 20.8. The molecule has 0 aliphatic carbocycles. The SMILES string of the molecule is CC[C@H](C)NC(=O)Cn1c(=O)c(S(=O)(=O)c2ccccc2)cc2cc(C)ccc21. The van der Waals surface area contributed by atoms with Gasteiger partial charge in [0.2, 0.25) is 15.7 Å². The van der Waals surface area contributed by atoms with Crippen LogP contribution in [0.25, 0.3) is 10.9 Å². The standard InChI is InChI=1S/C22H24N2O4S/c1-4-16(3)23-21(25)14-24-19-11-10-15(2)12-17(19)13-20(22(24)26)29(27,28)18-8-6-5-7-9-18/h5-13,16H,4,14H2,1-3H3,(H,23,25)/t16-/m0/s1. The van der Waals surface area contributed by atoms with Gasteiger partial charge >= 0.3 is 0 Å². The van der Waals surface area contributed by atoms with Crippen molar-refractivity contribution in [3.8, 4) is 0 Å². The van der Waals surface area contributed by atoms with E-state index in [0.717, 1.165) is 12.0 Å². The molecule has 1 heterocycles. The normalized spacial score (nSPS) is 12.7. The molecule has 0 aliphatic heterocycles. The Bertz CT molecular complexity index is 1210. The average molecular weight is 413 g/mol. The van der Waals surface area contributed by atoms with Gasteiger partial charge in [0.05, 0.1) is 10.4 Å². The molecular weight excluding hydrogens is 388 g/mol. The Morgan fingerprint density at radius 1 is 1.10 bits per heavy atom. The first-order valence-corrected chi connectivity index (χ1v) is 11.0. The summed E-state index contributed by atoms with van der Waals surface area (Å²) >= 11 is 0. The Kier molecular flexibility index (Phi) is 5.88. The molecule has 7 heteroatoms. The number of benzene rings is 2. The molecule has 0 saturated carbocycles. The molecule has 0 unspecified atom stereocenters. The molecule has 1 aromatic heterocycles. The van der Waals surface area contributed by atoms with Gasteiger partial charge in [-0.15, -0.1) is 0 Å². The smallest absolute Gasteiger partial charge is 0.270 e. The summed E-state index contributed by atoms with van der Waals surface area (Å²) < 4.78 is 27.5. The summed E-state index contributed by atoms with van der Waals surface area (Å²) in [5.74, 6) is -0.336. The van der Waals surface area contributed by atoms with Gasteiger partial charge in [-0.1, -0.05) is 36.8 Å². The molecule has 0 saturated heterocycles. The van der Waals surface area contributed by atoms with Crippen molar-refractivity contribution in [2.24, 2.45) is 0 Å². The van der Waals surface area contributed by atoms with Gasteiger partial charge in [-0.2, -0.15) is 0 Å². The first-order valence-electron chi connectivity index (χ1n) is 9.47. The van der Waals surface area contributed by atoms with Crippen LogP contribution in [0.5, 0.6) is 0 Å². The molecule has 0 radical (unpaired) electrons. The lowest BCUT2D eigenvalue weighted by molar-refractivity contribution is -0.122. The van der Waals surface area contributed by atoms with E-state index < -0.39 is 15.4 Å². The van der Waals surface area contributed by atoms with Crippen molar-refractivity contribution < 1.29 is 13.2 Å². The van der Waals surface area contributed by atoms with Gasteiger partial charge < -0.3 is 5.32 Å². The number of nitrogens with one attached hydrogen (secondary N) is 1. The van der Waals surface area contributed by atoms with Crippen LogP contribution in [0.2, 0.25) is 0 Å². The van der Waals surface area contributed by atoms with Crippen LogP contribution < -0.4 is 10.9 Å². The number of sulfone groups is 1. The number of hydrogen-bond acceptors (Lipinski definition) is 4. The Morgan fingerprint density at radius 2 is 1.79 bits per heavy atom. The number of hydrogen-bond donors (Lipinski definition) is 1. The summed E-state index contributed by atoms with van der Waals surface area (Å²) in [5, 5.41) is 3.42. The Balaban J connectivity index is 2.21. The molecule has 152 valence electrons. The van der Waals surface area contributed by atoms with E-state index in [2.05, 4.69) is 5.32 Å². The van der Waals surface area contributed by atoms with E-state index in [1.54, 1.807) is 24.3 Å². The number of rotatable bonds is 6. The summed E-state index contributed by atoms with van der Waals surface area (Å²) in [6.07, 6.45) is 0.753. The summed E-state index contributed by atoms with van der Waals surface area (Å²) in [6.45, 7) is 5.46. The van der Waals surface area contributed by atoms with E-state index in [4.69, 9.17) is 0 Å². The molecular formula is C22H24N2O4S. The van der Waals surface area contributed by atoms with Gasteiger partial charge in [0.1, 0.15) is 11.4 Å². The zero-order valence-electron chi connectivity index (χ0n) is 16.7. The third-order valence-corrected chi connectivity index (χ3v) is 6.65. The maximum Gasteiger partial charge on any atom is 0.270 e. The lowest BCUT2D eigenvalue weighted by Gasteiger charge is -2.16. The van der Waals surface area contributed by atoms with E-state index in [1.165, 1.54) is 22.8 Å². The average Bonchev–Trinajstić information content (AvgIpc) is 2.70. The summed E-state index contributed by atoms with van der Waals surface area (Å²) in [6, 6.07) is 14.6. The third kappa shape index (κ3) is 4.24. The highest BCUT2D eigenvalue weighted by atomic mass is 32.2. The van der Waals surface area contributed by atoms with E-state index in [9.17, 15) is 18.0 Å². The number of amides is 1. The maximum atomic E-state index is 13.2. The van der Waals surface area contributed by atoms with Crippen LogP contribution in [-0.4, -0.2) is 24.9 Å². The van der Waals surface area contributed by atoms with Gasteiger partial charge in [-0.05, 0) is 50.6 Å². The predicted molar refractivity (Wildman–Crippen MR) is 113 cm³/mol. The monoisotopic (exact) mass is 412 g/mol. The van der Waals surface area contributed by atoms with Crippen LogP contribution in [0.1, 0.15) is 25.8 Å². The molecule has 1 atom stereocenters. The van der Waals surface area contributed by atoms with Crippen LogP contribution >= 0.6 is 0 Å². The Morgan fingerprint density at radius 3 is 2.45 bits per heavy atom. The fourth-order valence-electron chi connectivity index (χ4n) is 3.12. The van der Waals surface area contributed by atoms with Crippen molar-refractivity contribution in [2.45, 2.75) is 49.6 Å². The number of pyridine rings is 1. The van der Waals surface area contributed by atoms with Crippen LogP contribution in [0, 0.1) is 6.92 Å². The quantitative estimate of drug-likeness (QED) is 0.674. The summed E-state index contributed by atoms with van der Waals surface area (Å²) in [4.78, 5) is 25.3. The second-order valence-corrected chi connectivity index (χ2v) is 9.07. The number of carbonyl (C=O) groups excluding carboxylic acids is 1. The fraction of sp³-hybridized carbons (Fsp3) is 0.273. The Labute approximate surface area is 170 Å². The first-order chi connectivity index (χ1) is 13.7. The van der Waals surface area contributed by atoms with Crippen LogP contribution in [0.3, 0.4) is 0 Å². The van der Waals surface area contributed by atoms with E-state index in [0.29, 0.717) is 10.9 Å². The van der Waals surface area contributed by atoms with Crippen LogP contribution in [0.15, 0.2) is 69.2 Å². The second-order valence-electron chi connectivity index (χ2n) is 7.16. The van der Waals surface area contributed by atoms with Crippen molar-refractivity contribution in [1.29, 1.82) is 0 Å². The highest BCUT2D eigenvalue weighted by Crippen LogP contribution is 2.22. The van der Waals surface area contributed by atoms with Gasteiger partial charge in [0, 0.05) is 11.4 Å². The molecule has 1 amide bonds. The summed E-state index contributed by atoms with van der Waals surface area (Å²) in [5.41, 5.74) is 0.742. The zero-order chi connectivity index (χ0) is 21.2. The lowest BCUT2D eigenvalue weighted by Crippen LogP contribution is -2.38. The van der Waals surface area contributed by atoms with E-state index >= 15 is 0 Å². The predicted octanol–water partition coefficient (Wildman–Crippen LogP) is 3.06. The van der Waals surface area contributed by atoms with Crippen molar-refractivity contribution in [3.63, 3.8) is 0 Å². The van der Waals surface area contributed by atoms with E-state index in [-0.39, 0.29) is 28.3 Å². The van der Waals surface area contributed by atoms with Gasteiger partial charge in [0.25, 0.3) is 5.56 Å². The highest BCUT2D eigenvalue weighted by molar-refractivity contribution is 7.91. The van der Waals surface area contributed by atoms with E-state index in [1.807, 2.05) is 32.9 Å². The molecule has 1 N–H and O–H groups in total.